The van der Waals surface area contributed by atoms with Crippen molar-refractivity contribution < 1.29 is 4.79 Å². The molecule has 0 amide bonds. The fraction of sp³-hybridized carbons (Fsp3) is 0.333. The maximum absolute atomic E-state index is 11.5. The topological polar surface area (TPSA) is 42.0 Å². The van der Waals surface area contributed by atoms with E-state index in [2.05, 4.69) is 24.1 Å². The lowest BCUT2D eigenvalue weighted by atomic mass is 10.2. The van der Waals surface area contributed by atoms with Gasteiger partial charge in [-0.15, -0.1) is 0 Å². The Morgan fingerprint density at radius 1 is 1.67 bits per heavy atom. The molecule has 1 N–H and O–H groups in total. The number of carbonyl (C=O) groups excluding carboxylic acids is 1. The smallest absolute Gasteiger partial charge is 0.188 e. The van der Waals surface area contributed by atoms with Gasteiger partial charge in [0.15, 0.2) is 5.78 Å². The molecule has 0 radical (unpaired) electrons. The number of pyridine rings is 1. The van der Waals surface area contributed by atoms with Crippen LogP contribution in [0.1, 0.15) is 30.6 Å². The van der Waals surface area contributed by atoms with Crippen LogP contribution in [0.3, 0.4) is 0 Å². The molecule has 1 aromatic heterocycles. The number of rotatable bonds is 5. The summed E-state index contributed by atoms with van der Waals surface area (Å²) in [6.07, 6.45) is 7.48. The quantitative estimate of drug-likeness (QED) is 0.590. The van der Waals surface area contributed by atoms with Gasteiger partial charge in [0.05, 0.1) is 0 Å². The van der Waals surface area contributed by atoms with E-state index in [0.717, 1.165) is 6.42 Å². The number of hydrogen-bond acceptors (Lipinski definition) is 3. The number of nitrogens with zero attached hydrogens (tertiary/aromatic N) is 1. The van der Waals surface area contributed by atoms with Gasteiger partial charge in [-0.3, -0.25) is 9.78 Å². The van der Waals surface area contributed by atoms with Crippen LogP contribution in [0.15, 0.2) is 36.8 Å². The lowest BCUT2D eigenvalue weighted by Gasteiger charge is -2.06. The van der Waals surface area contributed by atoms with Crippen LogP contribution in [-0.2, 0) is 0 Å². The molecule has 0 fully saturated rings. The summed E-state index contributed by atoms with van der Waals surface area (Å²) < 4.78 is 0. The van der Waals surface area contributed by atoms with Gasteiger partial charge < -0.3 is 5.32 Å². The summed E-state index contributed by atoms with van der Waals surface area (Å²) in [5.74, 6) is -0.0288. The van der Waals surface area contributed by atoms with Gasteiger partial charge in [0.1, 0.15) is 0 Å². The zero-order chi connectivity index (χ0) is 11.1. The zero-order valence-corrected chi connectivity index (χ0v) is 9.10. The Kier molecular flexibility index (Phi) is 4.54. The first-order valence-electron chi connectivity index (χ1n) is 5.11. The maximum Gasteiger partial charge on any atom is 0.188 e. The Balaban J connectivity index is 2.49. The van der Waals surface area contributed by atoms with E-state index < -0.39 is 0 Å². The highest BCUT2D eigenvalue weighted by Gasteiger charge is 1.99. The summed E-state index contributed by atoms with van der Waals surface area (Å²) in [4.78, 5) is 15.4. The molecule has 1 aromatic rings. The van der Waals surface area contributed by atoms with Crippen molar-refractivity contribution in [3.05, 3.63) is 42.4 Å². The van der Waals surface area contributed by atoms with Crippen LogP contribution in [0, 0.1) is 0 Å². The number of carbonyl (C=O) groups is 1. The van der Waals surface area contributed by atoms with E-state index >= 15 is 0 Å². The Hall–Kier alpha value is -1.64. The van der Waals surface area contributed by atoms with Crippen LogP contribution in [0.5, 0.6) is 0 Å². The summed E-state index contributed by atoms with van der Waals surface area (Å²) in [6.45, 7) is 4.16. The number of hydrogen-bond donors (Lipinski definition) is 1. The molecule has 0 aliphatic rings. The van der Waals surface area contributed by atoms with Gasteiger partial charge in [0.25, 0.3) is 0 Å². The SMILES string of the molecule is CCC(C)N/C=C/C(=O)c1cccnc1. The zero-order valence-electron chi connectivity index (χ0n) is 9.10. The van der Waals surface area contributed by atoms with Crippen LogP contribution in [0.25, 0.3) is 0 Å². The molecule has 0 saturated carbocycles. The van der Waals surface area contributed by atoms with E-state index in [1.54, 1.807) is 30.7 Å². The van der Waals surface area contributed by atoms with Gasteiger partial charge in [-0.1, -0.05) is 6.92 Å². The summed E-state index contributed by atoms with van der Waals surface area (Å²) >= 11 is 0. The molecule has 0 bridgehead atoms. The van der Waals surface area contributed by atoms with Gasteiger partial charge in [0.2, 0.25) is 0 Å². The first kappa shape index (κ1) is 11.4. The second kappa shape index (κ2) is 5.96. The lowest BCUT2D eigenvalue weighted by Crippen LogP contribution is -2.19. The van der Waals surface area contributed by atoms with Crippen LogP contribution >= 0.6 is 0 Å². The van der Waals surface area contributed by atoms with E-state index in [4.69, 9.17) is 0 Å². The maximum atomic E-state index is 11.5. The normalized spacial score (nSPS) is 12.7. The summed E-state index contributed by atoms with van der Waals surface area (Å²) in [5.41, 5.74) is 0.611. The highest BCUT2D eigenvalue weighted by atomic mass is 16.1. The minimum atomic E-state index is -0.0288. The molecular weight excluding hydrogens is 188 g/mol. The average molecular weight is 204 g/mol. The molecular formula is C12H16N2O. The first-order chi connectivity index (χ1) is 7.24. The van der Waals surface area contributed by atoms with Crippen molar-refractivity contribution in [2.75, 3.05) is 0 Å². The summed E-state index contributed by atoms with van der Waals surface area (Å²) in [5, 5.41) is 3.11. The molecule has 0 aliphatic heterocycles. The Morgan fingerprint density at radius 3 is 3.07 bits per heavy atom. The van der Waals surface area contributed by atoms with Crippen molar-refractivity contribution in [2.24, 2.45) is 0 Å². The molecule has 1 rings (SSSR count). The molecule has 1 unspecified atom stereocenters. The first-order valence-corrected chi connectivity index (χ1v) is 5.11. The van der Waals surface area contributed by atoms with Gasteiger partial charge in [-0.25, -0.2) is 0 Å². The molecule has 0 aliphatic carbocycles. The molecule has 3 heteroatoms. The van der Waals surface area contributed by atoms with Crippen LogP contribution in [0.2, 0.25) is 0 Å². The monoisotopic (exact) mass is 204 g/mol. The van der Waals surface area contributed by atoms with Crippen LogP contribution in [-0.4, -0.2) is 16.8 Å². The van der Waals surface area contributed by atoms with Crippen molar-refractivity contribution >= 4 is 5.78 Å². The van der Waals surface area contributed by atoms with Crippen molar-refractivity contribution in [2.45, 2.75) is 26.3 Å². The minimum Gasteiger partial charge on any atom is -0.388 e. The summed E-state index contributed by atoms with van der Waals surface area (Å²) in [6, 6.07) is 3.90. The largest absolute Gasteiger partial charge is 0.388 e. The second-order valence-corrected chi connectivity index (χ2v) is 3.42. The average Bonchev–Trinajstić information content (AvgIpc) is 2.29. The molecule has 1 atom stereocenters. The van der Waals surface area contributed by atoms with Gasteiger partial charge in [0, 0.05) is 36.3 Å². The number of allylic oxidation sites excluding steroid dienone is 1. The Bertz CT molecular complexity index is 333. The second-order valence-electron chi connectivity index (χ2n) is 3.42. The third-order valence-electron chi connectivity index (χ3n) is 2.17. The van der Waals surface area contributed by atoms with Gasteiger partial charge in [-0.05, 0) is 25.5 Å². The number of aromatic nitrogens is 1. The van der Waals surface area contributed by atoms with Crippen molar-refractivity contribution in [3.8, 4) is 0 Å². The number of nitrogens with one attached hydrogen (secondary N) is 1. The summed E-state index contributed by atoms with van der Waals surface area (Å²) in [7, 11) is 0. The third-order valence-corrected chi connectivity index (χ3v) is 2.17. The van der Waals surface area contributed by atoms with Crippen molar-refractivity contribution in [1.82, 2.24) is 10.3 Å². The van der Waals surface area contributed by atoms with Crippen LogP contribution in [0.4, 0.5) is 0 Å². The lowest BCUT2D eigenvalue weighted by molar-refractivity contribution is 0.104. The molecule has 0 saturated heterocycles. The fourth-order valence-corrected chi connectivity index (χ4v) is 1.01. The predicted octanol–water partition coefficient (Wildman–Crippen LogP) is 2.17. The van der Waals surface area contributed by atoms with E-state index in [1.807, 2.05) is 0 Å². The highest BCUT2D eigenvalue weighted by Crippen LogP contribution is 1.98. The van der Waals surface area contributed by atoms with Crippen LogP contribution < -0.4 is 5.32 Å². The molecule has 0 aromatic carbocycles. The molecule has 1 heterocycles. The Labute approximate surface area is 90.2 Å². The van der Waals surface area contributed by atoms with Gasteiger partial charge >= 0.3 is 0 Å². The van der Waals surface area contributed by atoms with Crippen molar-refractivity contribution in [1.29, 1.82) is 0 Å². The highest BCUT2D eigenvalue weighted by molar-refractivity contribution is 6.04. The number of ketones is 1. The van der Waals surface area contributed by atoms with E-state index in [9.17, 15) is 4.79 Å². The molecule has 3 nitrogen and oxygen atoms in total. The Morgan fingerprint density at radius 2 is 2.47 bits per heavy atom. The molecule has 0 spiro atoms. The van der Waals surface area contributed by atoms with E-state index in [0.29, 0.717) is 11.6 Å². The standard InChI is InChI=1S/C12H16N2O/c1-3-10(2)14-8-6-12(15)11-5-4-7-13-9-11/h4-10,14H,3H2,1-2H3/b8-6+. The molecule has 15 heavy (non-hydrogen) atoms. The van der Waals surface area contributed by atoms with E-state index in [1.165, 1.54) is 6.08 Å². The minimum absolute atomic E-state index is 0.0288. The predicted molar refractivity (Wildman–Crippen MR) is 60.6 cm³/mol. The van der Waals surface area contributed by atoms with Crippen molar-refractivity contribution in [3.63, 3.8) is 0 Å². The fourth-order valence-electron chi connectivity index (χ4n) is 1.01. The van der Waals surface area contributed by atoms with E-state index in [-0.39, 0.29) is 5.78 Å². The van der Waals surface area contributed by atoms with Gasteiger partial charge in [-0.2, -0.15) is 0 Å². The molecule has 80 valence electrons. The third kappa shape index (κ3) is 3.94.